The van der Waals surface area contributed by atoms with E-state index in [-0.39, 0.29) is 0 Å². The number of aromatic amines is 1. The summed E-state index contributed by atoms with van der Waals surface area (Å²) in [5.41, 5.74) is 4.32. The molecule has 0 bridgehead atoms. The largest absolute Gasteiger partial charge is 0.357 e. The van der Waals surface area contributed by atoms with Crippen LogP contribution in [0.5, 0.6) is 0 Å². The molecule has 1 aromatic carbocycles. The van der Waals surface area contributed by atoms with Gasteiger partial charge >= 0.3 is 0 Å². The lowest BCUT2D eigenvalue weighted by Crippen LogP contribution is -2.32. The van der Waals surface area contributed by atoms with Crippen LogP contribution in [0.25, 0.3) is 10.9 Å². The van der Waals surface area contributed by atoms with Crippen LogP contribution in [-0.4, -0.2) is 15.9 Å². The molecule has 2 heteroatoms. The number of nitrogens with one attached hydrogen (secondary N) is 1. The van der Waals surface area contributed by atoms with Crippen molar-refractivity contribution in [2.45, 2.75) is 51.2 Å². The van der Waals surface area contributed by atoms with Gasteiger partial charge in [0.1, 0.15) is 0 Å². The Labute approximate surface area is 108 Å². The number of aromatic nitrogens is 1. The van der Waals surface area contributed by atoms with Crippen molar-refractivity contribution in [2.75, 3.05) is 0 Å². The highest BCUT2D eigenvalue weighted by molar-refractivity contribution is 5.85. The molecule has 2 aliphatic rings. The Morgan fingerprint density at radius 3 is 2.72 bits per heavy atom. The summed E-state index contributed by atoms with van der Waals surface area (Å²) in [5.74, 6) is 0. The number of H-pyrrole nitrogens is 1. The van der Waals surface area contributed by atoms with E-state index >= 15 is 0 Å². The zero-order valence-corrected chi connectivity index (χ0v) is 10.8. The summed E-state index contributed by atoms with van der Waals surface area (Å²) in [7, 11) is 0. The fourth-order valence-corrected chi connectivity index (χ4v) is 3.74. The molecule has 1 aliphatic carbocycles. The summed E-state index contributed by atoms with van der Waals surface area (Å²) in [4.78, 5) is 6.29. The molecule has 0 radical (unpaired) electrons. The van der Waals surface area contributed by atoms with Crippen molar-refractivity contribution in [3.63, 3.8) is 0 Å². The number of hydrogen-bond donors (Lipinski definition) is 1. The average Bonchev–Trinajstić information content (AvgIpc) is 2.97. The Balaban J connectivity index is 1.63. The first-order valence-corrected chi connectivity index (χ1v) is 7.24. The van der Waals surface area contributed by atoms with Gasteiger partial charge in [-0.05, 0) is 24.5 Å². The fraction of sp³-hybridized carbons (Fsp3) is 0.500. The van der Waals surface area contributed by atoms with E-state index in [9.17, 15) is 0 Å². The topological polar surface area (TPSA) is 19.0 Å². The summed E-state index contributed by atoms with van der Waals surface area (Å²) in [6.07, 6.45) is 7.11. The van der Waals surface area contributed by atoms with Gasteiger partial charge in [0.15, 0.2) is 0 Å². The van der Waals surface area contributed by atoms with Crippen molar-refractivity contribution in [2.24, 2.45) is 0 Å². The fourth-order valence-electron chi connectivity index (χ4n) is 3.74. The van der Waals surface area contributed by atoms with E-state index < -0.39 is 0 Å². The van der Waals surface area contributed by atoms with Crippen LogP contribution in [0.15, 0.2) is 24.3 Å². The van der Waals surface area contributed by atoms with Crippen molar-refractivity contribution in [1.82, 2.24) is 9.88 Å². The standard InChI is InChI=1S/C16H20N2/c1-2-6-12(7-3-1)18-10-14-13-8-4-5-9-15(13)17-16(14)11-18/h4-5,8-9,12,17H,1-3,6-7,10-11H2. The van der Waals surface area contributed by atoms with Gasteiger partial charge in [0.2, 0.25) is 0 Å². The summed E-state index contributed by atoms with van der Waals surface area (Å²) in [5, 5.41) is 1.44. The van der Waals surface area contributed by atoms with Gasteiger partial charge in [-0.3, -0.25) is 4.90 Å². The van der Waals surface area contributed by atoms with Gasteiger partial charge in [0, 0.05) is 35.7 Å². The number of para-hydroxylation sites is 1. The van der Waals surface area contributed by atoms with Gasteiger partial charge in [-0.15, -0.1) is 0 Å². The monoisotopic (exact) mass is 240 g/mol. The van der Waals surface area contributed by atoms with Crippen LogP contribution in [0.3, 0.4) is 0 Å². The third kappa shape index (κ3) is 1.59. The Morgan fingerprint density at radius 1 is 1.00 bits per heavy atom. The van der Waals surface area contributed by atoms with E-state index in [1.54, 1.807) is 5.56 Å². The van der Waals surface area contributed by atoms with E-state index in [0.717, 1.165) is 19.1 Å². The quantitative estimate of drug-likeness (QED) is 0.803. The van der Waals surface area contributed by atoms with Gasteiger partial charge in [0.05, 0.1) is 0 Å². The summed E-state index contributed by atoms with van der Waals surface area (Å²) in [6.45, 7) is 2.29. The van der Waals surface area contributed by atoms with E-state index in [1.165, 1.54) is 48.7 Å². The van der Waals surface area contributed by atoms with Gasteiger partial charge in [-0.25, -0.2) is 0 Å². The minimum absolute atomic E-state index is 0.832. The molecule has 18 heavy (non-hydrogen) atoms. The Morgan fingerprint density at radius 2 is 1.83 bits per heavy atom. The molecule has 94 valence electrons. The average molecular weight is 240 g/mol. The molecule has 2 aromatic rings. The normalized spacial score (nSPS) is 21.6. The first-order chi connectivity index (χ1) is 8.92. The molecule has 1 fully saturated rings. The van der Waals surface area contributed by atoms with Crippen molar-refractivity contribution in [3.8, 4) is 0 Å². The second-order valence-electron chi connectivity index (χ2n) is 5.82. The number of benzene rings is 1. The molecule has 1 saturated carbocycles. The van der Waals surface area contributed by atoms with E-state index in [0.29, 0.717) is 0 Å². The molecular formula is C16H20N2. The summed E-state index contributed by atoms with van der Waals surface area (Å²) in [6, 6.07) is 9.55. The maximum absolute atomic E-state index is 3.60. The van der Waals surface area contributed by atoms with E-state index in [1.807, 2.05) is 0 Å². The first-order valence-electron chi connectivity index (χ1n) is 7.24. The summed E-state index contributed by atoms with van der Waals surface area (Å²) < 4.78 is 0. The lowest BCUT2D eigenvalue weighted by Gasteiger charge is -2.30. The van der Waals surface area contributed by atoms with Crippen molar-refractivity contribution < 1.29 is 0 Å². The molecule has 0 spiro atoms. The Hall–Kier alpha value is -1.28. The highest BCUT2D eigenvalue weighted by Crippen LogP contribution is 2.34. The SMILES string of the molecule is c1ccc2c3c([nH]c2c1)CN(C1CCCCC1)C3. The van der Waals surface area contributed by atoms with Gasteiger partial charge in [-0.1, -0.05) is 37.5 Å². The van der Waals surface area contributed by atoms with Gasteiger partial charge < -0.3 is 4.98 Å². The second kappa shape index (κ2) is 4.13. The van der Waals surface area contributed by atoms with Crippen LogP contribution in [-0.2, 0) is 13.1 Å². The predicted molar refractivity (Wildman–Crippen MR) is 74.4 cm³/mol. The number of nitrogens with zero attached hydrogens (tertiary/aromatic N) is 1. The molecule has 4 rings (SSSR count). The maximum atomic E-state index is 3.60. The smallest absolute Gasteiger partial charge is 0.0459 e. The molecule has 0 unspecified atom stereocenters. The molecule has 2 heterocycles. The van der Waals surface area contributed by atoms with Crippen molar-refractivity contribution in [1.29, 1.82) is 0 Å². The van der Waals surface area contributed by atoms with Crippen LogP contribution in [0.2, 0.25) is 0 Å². The second-order valence-corrected chi connectivity index (χ2v) is 5.82. The van der Waals surface area contributed by atoms with E-state index in [2.05, 4.69) is 34.1 Å². The van der Waals surface area contributed by atoms with E-state index in [4.69, 9.17) is 0 Å². The van der Waals surface area contributed by atoms with Crippen LogP contribution in [0.4, 0.5) is 0 Å². The maximum Gasteiger partial charge on any atom is 0.0459 e. The minimum atomic E-state index is 0.832. The number of hydrogen-bond acceptors (Lipinski definition) is 1. The van der Waals surface area contributed by atoms with Crippen LogP contribution < -0.4 is 0 Å². The minimum Gasteiger partial charge on any atom is -0.357 e. The molecule has 0 saturated heterocycles. The number of rotatable bonds is 1. The Kier molecular flexibility index (Phi) is 2.44. The highest BCUT2D eigenvalue weighted by Gasteiger charge is 2.29. The lowest BCUT2D eigenvalue weighted by molar-refractivity contribution is 0.156. The van der Waals surface area contributed by atoms with Crippen molar-refractivity contribution in [3.05, 3.63) is 35.5 Å². The molecule has 1 aromatic heterocycles. The molecule has 0 amide bonds. The first kappa shape index (κ1) is 10.6. The van der Waals surface area contributed by atoms with Crippen LogP contribution >= 0.6 is 0 Å². The third-order valence-electron chi connectivity index (χ3n) is 4.72. The Bertz CT molecular complexity index is 563. The molecule has 0 atom stereocenters. The lowest BCUT2D eigenvalue weighted by atomic mass is 9.94. The molecular weight excluding hydrogens is 220 g/mol. The van der Waals surface area contributed by atoms with Gasteiger partial charge in [0.25, 0.3) is 0 Å². The zero-order valence-electron chi connectivity index (χ0n) is 10.8. The predicted octanol–water partition coefficient (Wildman–Crippen LogP) is 3.82. The summed E-state index contributed by atoms with van der Waals surface area (Å²) >= 11 is 0. The zero-order chi connectivity index (χ0) is 11.9. The third-order valence-corrected chi connectivity index (χ3v) is 4.72. The highest BCUT2D eigenvalue weighted by atomic mass is 15.2. The van der Waals surface area contributed by atoms with Crippen LogP contribution in [0.1, 0.15) is 43.4 Å². The number of fused-ring (bicyclic) bond motifs is 3. The molecule has 1 aliphatic heterocycles. The molecule has 1 N–H and O–H groups in total. The van der Waals surface area contributed by atoms with Crippen LogP contribution in [0, 0.1) is 0 Å². The molecule has 2 nitrogen and oxygen atoms in total. The van der Waals surface area contributed by atoms with Crippen molar-refractivity contribution >= 4 is 10.9 Å². The van der Waals surface area contributed by atoms with Gasteiger partial charge in [-0.2, -0.15) is 0 Å².